The molecule has 5 nitrogen and oxygen atoms in total. The molecule has 0 saturated heterocycles. The molecule has 17 heavy (non-hydrogen) atoms. The van der Waals surface area contributed by atoms with Crippen molar-refractivity contribution < 1.29 is 24.9 Å². The number of phenolic OH excluding ortho intramolecular Hbond substituents is 1. The van der Waals surface area contributed by atoms with Crippen molar-refractivity contribution in [1.29, 1.82) is 0 Å². The Kier molecular flexibility index (Phi) is 2.44. The lowest BCUT2D eigenvalue weighted by Gasteiger charge is -2.07. The number of carbonyl (C=O) groups is 2. The van der Waals surface area contributed by atoms with Crippen LogP contribution in [-0.2, 0) is 0 Å². The van der Waals surface area contributed by atoms with Gasteiger partial charge in [0.25, 0.3) is 0 Å². The number of phenols is 1. The summed E-state index contributed by atoms with van der Waals surface area (Å²) in [6.45, 7) is 0. The minimum absolute atomic E-state index is 0.0408. The highest BCUT2D eigenvalue weighted by molar-refractivity contribution is 6.12. The summed E-state index contributed by atoms with van der Waals surface area (Å²) in [5.41, 5.74) is -0.163. The average Bonchev–Trinajstić information content (AvgIpc) is 2.28. The number of carboxylic acids is 2. The zero-order chi connectivity index (χ0) is 12.6. The number of carboxylic acid groups (broad SMARTS) is 2. The van der Waals surface area contributed by atoms with E-state index in [4.69, 9.17) is 10.2 Å². The molecule has 0 aliphatic rings. The van der Waals surface area contributed by atoms with Crippen LogP contribution in [0.3, 0.4) is 0 Å². The van der Waals surface area contributed by atoms with Crippen LogP contribution in [-0.4, -0.2) is 27.3 Å². The molecule has 0 fully saturated rings. The number of fused-ring (bicyclic) bond motifs is 1. The van der Waals surface area contributed by atoms with E-state index in [1.54, 1.807) is 0 Å². The maximum Gasteiger partial charge on any atom is 0.336 e. The quantitative estimate of drug-likeness (QED) is 0.735. The Balaban J connectivity index is 2.95. The maximum atomic E-state index is 11.0. The second-order valence-electron chi connectivity index (χ2n) is 3.47. The minimum atomic E-state index is -1.21. The number of aromatic hydroxyl groups is 1. The van der Waals surface area contributed by atoms with Gasteiger partial charge in [-0.15, -0.1) is 0 Å². The Morgan fingerprint density at radius 1 is 0.882 bits per heavy atom. The molecule has 0 heterocycles. The molecule has 0 aliphatic carbocycles. The van der Waals surface area contributed by atoms with Crippen LogP contribution in [0.1, 0.15) is 20.7 Å². The van der Waals surface area contributed by atoms with Crippen molar-refractivity contribution >= 4 is 22.7 Å². The summed E-state index contributed by atoms with van der Waals surface area (Å²) in [6, 6.07) is 6.64. The van der Waals surface area contributed by atoms with Crippen LogP contribution in [0.5, 0.6) is 5.75 Å². The fourth-order valence-electron chi connectivity index (χ4n) is 1.75. The van der Waals surface area contributed by atoms with E-state index in [-0.39, 0.29) is 27.6 Å². The molecule has 2 rings (SSSR count). The summed E-state index contributed by atoms with van der Waals surface area (Å²) in [5.74, 6) is -2.63. The third-order valence-corrected chi connectivity index (χ3v) is 2.48. The molecule has 0 radical (unpaired) electrons. The van der Waals surface area contributed by atoms with Gasteiger partial charge in [-0.05, 0) is 18.2 Å². The van der Waals surface area contributed by atoms with Crippen molar-refractivity contribution in [2.75, 3.05) is 0 Å². The van der Waals surface area contributed by atoms with E-state index in [9.17, 15) is 14.7 Å². The smallest absolute Gasteiger partial charge is 0.336 e. The van der Waals surface area contributed by atoms with Gasteiger partial charge in [-0.1, -0.05) is 12.1 Å². The molecular formula is C12H8O5. The summed E-state index contributed by atoms with van der Waals surface area (Å²) in [4.78, 5) is 22.0. The molecule has 0 unspecified atom stereocenters. The monoisotopic (exact) mass is 232 g/mol. The Morgan fingerprint density at radius 3 is 2.12 bits per heavy atom. The normalized spacial score (nSPS) is 10.4. The topological polar surface area (TPSA) is 94.8 Å². The predicted octanol–water partition coefficient (Wildman–Crippen LogP) is 1.94. The van der Waals surface area contributed by atoms with E-state index < -0.39 is 11.9 Å². The van der Waals surface area contributed by atoms with Gasteiger partial charge in [0.05, 0.1) is 11.1 Å². The summed E-state index contributed by atoms with van der Waals surface area (Å²) >= 11 is 0. The third-order valence-electron chi connectivity index (χ3n) is 2.48. The summed E-state index contributed by atoms with van der Waals surface area (Å²) in [6.07, 6.45) is 0. The highest BCUT2D eigenvalue weighted by atomic mass is 16.4. The Hall–Kier alpha value is -2.56. The molecule has 0 bridgehead atoms. The first-order valence-electron chi connectivity index (χ1n) is 4.73. The minimum Gasteiger partial charge on any atom is -0.507 e. The van der Waals surface area contributed by atoms with Crippen molar-refractivity contribution in [3.63, 3.8) is 0 Å². The van der Waals surface area contributed by atoms with Gasteiger partial charge in [0.2, 0.25) is 0 Å². The Bertz CT molecular complexity index is 630. The molecule has 0 aromatic heterocycles. The molecular weight excluding hydrogens is 224 g/mol. The molecule has 0 atom stereocenters. The van der Waals surface area contributed by atoms with Crippen molar-refractivity contribution in [3.8, 4) is 5.75 Å². The number of hydrogen-bond donors (Lipinski definition) is 3. The standard InChI is InChI=1S/C12H8O5/c13-9-5-4-7(11(14)15)6-2-1-3-8(10(6)9)12(16)17/h1-5,13H,(H,14,15)(H,16,17). The fourth-order valence-corrected chi connectivity index (χ4v) is 1.75. The van der Waals surface area contributed by atoms with Crippen LogP contribution >= 0.6 is 0 Å². The number of benzene rings is 2. The van der Waals surface area contributed by atoms with Gasteiger partial charge >= 0.3 is 11.9 Å². The van der Waals surface area contributed by atoms with E-state index in [0.29, 0.717) is 0 Å². The van der Waals surface area contributed by atoms with Gasteiger partial charge in [-0.25, -0.2) is 9.59 Å². The second kappa shape index (κ2) is 3.79. The first kappa shape index (κ1) is 10.9. The zero-order valence-electron chi connectivity index (χ0n) is 8.54. The highest BCUT2D eigenvalue weighted by Gasteiger charge is 2.16. The zero-order valence-corrected chi connectivity index (χ0v) is 8.54. The summed E-state index contributed by atoms with van der Waals surface area (Å²) < 4.78 is 0. The van der Waals surface area contributed by atoms with E-state index in [0.717, 1.165) is 0 Å². The first-order valence-corrected chi connectivity index (χ1v) is 4.73. The maximum absolute atomic E-state index is 11.0. The number of hydrogen-bond acceptors (Lipinski definition) is 3. The van der Waals surface area contributed by atoms with Gasteiger partial charge < -0.3 is 15.3 Å². The van der Waals surface area contributed by atoms with Gasteiger partial charge in [-0.3, -0.25) is 0 Å². The van der Waals surface area contributed by atoms with E-state index >= 15 is 0 Å². The predicted molar refractivity (Wildman–Crippen MR) is 59.5 cm³/mol. The Labute approximate surface area is 95.5 Å². The average molecular weight is 232 g/mol. The van der Waals surface area contributed by atoms with Crippen molar-refractivity contribution in [1.82, 2.24) is 0 Å². The molecule has 0 aliphatic heterocycles. The number of rotatable bonds is 2. The van der Waals surface area contributed by atoms with Crippen LogP contribution in [0.4, 0.5) is 0 Å². The van der Waals surface area contributed by atoms with E-state index in [1.165, 1.54) is 30.3 Å². The molecule has 2 aromatic rings. The fraction of sp³-hybridized carbons (Fsp3) is 0. The van der Waals surface area contributed by atoms with Crippen LogP contribution in [0.25, 0.3) is 10.8 Å². The molecule has 0 saturated carbocycles. The van der Waals surface area contributed by atoms with Crippen molar-refractivity contribution in [3.05, 3.63) is 41.5 Å². The van der Waals surface area contributed by atoms with E-state index in [2.05, 4.69) is 0 Å². The van der Waals surface area contributed by atoms with Crippen LogP contribution < -0.4 is 0 Å². The highest BCUT2D eigenvalue weighted by Crippen LogP contribution is 2.30. The van der Waals surface area contributed by atoms with Gasteiger partial charge in [0.1, 0.15) is 5.75 Å². The lowest BCUT2D eigenvalue weighted by atomic mass is 9.99. The molecule has 0 spiro atoms. The van der Waals surface area contributed by atoms with Gasteiger partial charge in [0, 0.05) is 10.8 Å². The second-order valence-corrected chi connectivity index (χ2v) is 3.47. The third kappa shape index (κ3) is 1.67. The molecule has 86 valence electrons. The summed E-state index contributed by atoms with van der Waals surface area (Å²) in [7, 11) is 0. The largest absolute Gasteiger partial charge is 0.507 e. The molecule has 2 aromatic carbocycles. The van der Waals surface area contributed by atoms with Crippen LogP contribution in [0, 0.1) is 0 Å². The SMILES string of the molecule is O=C(O)c1ccc(O)c2c(C(=O)O)cccc12. The summed E-state index contributed by atoms with van der Waals surface area (Å²) in [5, 5.41) is 27.9. The van der Waals surface area contributed by atoms with Crippen molar-refractivity contribution in [2.24, 2.45) is 0 Å². The molecule has 5 heteroatoms. The van der Waals surface area contributed by atoms with Gasteiger partial charge in [0.15, 0.2) is 0 Å². The Morgan fingerprint density at radius 2 is 1.53 bits per heavy atom. The molecule has 0 amide bonds. The van der Waals surface area contributed by atoms with Crippen LogP contribution in [0.2, 0.25) is 0 Å². The van der Waals surface area contributed by atoms with E-state index in [1.807, 2.05) is 0 Å². The number of aromatic carboxylic acids is 2. The lowest BCUT2D eigenvalue weighted by Crippen LogP contribution is -2.01. The van der Waals surface area contributed by atoms with Crippen LogP contribution in [0.15, 0.2) is 30.3 Å². The van der Waals surface area contributed by atoms with Crippen molar-refractivity contribution in [2.45, 2.75) is 0 Å². The molecule has 3 N–H and O–H groups in total. The van der Waals surface area contributed by atoms with Gasteiger partial charge in [-0.2, -0.15) is 0 Å². The lowest BCUT2D eigenvalue weighted by molar-refractivity contribution is 0.0686. The first-order chi connectivity index (χ1) is 8.02.